The molecule has 3 aromatic heterocycles. The summed E-state index contributed by atoms with van der Waals surface area (Å²) in [6.07, 6.45) is 0. The zero-order valence-corrected chi connectivity index (χ0v) is 14.4. The number of thiazole rings is 1. The molecular formula is C14H10N4O2S3. The van der Waals surface area contributed by atoms with Crippen molar-refractivity contribution in [1.29, 1.82) is 5.26 Å². The number of thiophene rings is 1. The molecule has 0 bridgehead atoms. The molecule has 0 aliphatic heterocycles. The van der Waals surface area contributed by atoms with Gasteiger partial charge in [0.15, 0.2) is 11.7 Å². The van der Waals surface area contributed by atoms with Crippen LogP contribution in [-0.2, 0) is 4.79 Å². The van der Waals surface area contributed by atoms with Crippen LogP contribution in [0.25, 0.3) is 10.8 Å². The molecule has 0 saturated carbocycles. The number of ketones is 1. The molecule has 23 heavy (non-hydrogen) atoms. The molecule has 0 radical (unpaired) electrons. The van der Waals surface area contributed by atoms with E-state index in [1.54, 1.807) is 0 Å². The lowest BCUT2D eigenvalue weighted by Gasteiger charge is -2.02. The predicted octanol–water partition coefficient (Wildman–Crippen LogP) is 3.53. The molecule has 3 heterocycles. The molecule has 6 nitrogen and oxygen atoms in total. The summed E-state index contributed by atoms with van der Waals surface area (Å²) >= 11 is 3.95. The topological polar surface area (TPSA) is 92.7 Å². The van der Waals surface area contributed by atoms with Crippen LogP contribution in [0.4, 0.5) is 0 Å². The van der Waals surface area contributed by atoms with Crippen LogP contribution in [0.5, 0.6) is 0 Å². The fourth-order valence-electron chi connectivity index (χ4n) is 1.75. The maximum atomic E-state index is 12.2. The van der Waals surface area contributed by atoms with Crippen LogP contribution < -0.4 is 0 Å². The van der Waals surface area contributed by atoms with E-state index in [9.17, 15) is 10.1 Å². The van der Waals surface area contributed by atoms with E-state index in [4.69, 9.17) is 4.42 Å². The Balaban J connectivity index is 1.63. The van der Waals surface area contributed by atoms with Gasteiger partial charge in [0.25, 0.3) is 11.1 Å². The van der Waals surface area contributed by atoms with Crippen LogP contribution in [0, 0.1) is 18.3 Å². The molecule has 1 atom stereocenters. The highest BCUT2D eigenvalue weighted by atomic mass is 32.2. The molecule has 1 unspecified atom stereocenters. The zero-order valence-electron chi connectivity index (χ0n) is 11.9. The minimum Gasteiger partial charge on any atom is -0.410 e. The van der Waals surface area contributed by atoms with E-state index in [0.29, 0.717) is 16.1 Å². The first-order valence-corrected chi connectivity index (χ1v) is 9.26. The lowest BCUT2D eigenvalue weighted by molar-refractivity contribution is -0.116. The fraction of sp³-hybridized carbons (Fsp3) is 0.214. The summed E-state index contributed by atoms with van der Waals surface area (Å²) in [5.41, 5.74) is 0.809. The Labute approximate surface area is 144 Å². The Morgan fingerprint density at radius 2 is 2.35 bits per heavy atom. The molecule has 116 valence electrons. The molecular weight excluding hydrogens is 352 g/mol. The lowest BCUT2D eigenvalue weighted by Crippen LogP contribution is -2.13. The first kappa shape index (κ1) is 15.9. The summed E-state index contributed by atoms with van der Waals surface area (Å²) in [7, 11) is 0. The number of aromatic nitrogens is 3. The third-order valence-electron chi connectivity index (χ3n) is 2.81. The number of carbonyl (C=O) groups excluding carboxylic acids is 1. The Morgan fingerprint density at radius 1 is 1.48 bits per heavy atom. The quantitative estimate of drug-likeness (QED) is 0.619. The molecule has 0 aromatic carbocycles. The van der Waals surface area contributed by atoms with Crippen LogP contribution in [0.15, 0.2) is 32.5 Å². The zero-order chi connectivity index (χ0) is 16.2. The second-order valence-corrected chi connectivity index (χ2v) is 7.26. The fourth-order valence-corrected chi connectivity index (χ4v) is 3.93. The van der Waals surface area contributed by atoms with Crippen molar-refractivity contribution in [2.24, 2.45) is 0 Å². The number of hydrogen-bond acceptors (Lipinski definition) is 9. The normalized spacial score (nSPS) is 12.0. The van der Waals surface area contributed by atoms with E-state index in [0.717, 1.165) is 22.3 Å². The summed E-state index contributed by atoms with van der Waals surface area (Å²) in [6.45, 7) is 1.83. The van der Waals surface area contributed by atoms with Crippen LogP contribution in [-0.4, -0.2) is 26.7 Å². The Kier molecular flexibility index (Phi) is 4.85. The van der Waals surface area contributed by atoms with Gasteiger partial charge in [0, 0.05) is 11.1 Å². The smallest absolute Gasteiger partial charge is 0.277 e. The van der Waals surface area contributed by atoms with Crippen molar-refractivity contribution >= 4 is 40.2 Å². The molecule has 0 amide bonds. The lowest BCUT2D eigenvalue weighted by atomic mass is 10.1. The molecule has 3 aromatic rings. The number of nitriles is 1. The van der Waals surface area contributed by atoms with E-state index < -0.39 is 5.92 Å². The number of aryl methyl sites for hydroxylation is 1. The number of rotatable bonds is 6. The van der Waals surface area contributed by atoms with E-state index in [1.807, 2.05) is 35.9 Å². The van der Waals surface area contributed by atoms with Crippen LogP contribution in [0.2, 0.25) is 0 Å². The summed E-state index contributed by atoms with van der Waals surface area (Å²) < 4.78 is 5.50. The Hall–Kier alpha value is -2.02. The van der Waals surface area contributed by atoms with Gasteiger partial charge in [0.05, 0.1) is 16.7 Å². The number of Topliss-reactive ketones (excluding diaryl/α,β-unsaturated/α-hetero) is 1. The highest BCUT2D eigenvalue weighted by Gasteiger charge is 2.24. The van der Waals surface area contributed by atoms with Crippen LogP contribution in [0.3, 0.4) is 0 Å². The standard InChI is InChI=1S/C14H10N4O2S3/c1-8-6-22-13(16-8)9(5-15)10(19)7-23-14-18-17-12(20-14)11-3-2-4-21-11/h2-4,6,9H,7H2,1H3. The highest BCUT2D eigenvalue weighted by molar-refractivity contribution is 7.99. The predicted molar refractivity (Wildman–Crippen MR) is 88.5 cm³/mol. The largest absolute Gasteiger partial charge is 0.410 e. The van der Waals surface area contributed by atoms with Crippen molar-refractivity contribution < 1.29 is 9.21 Å². The highest BCUT2D eigenvalue weighted by Crippen LogP contribution is 2.28. The third-order valence-corrected chi connectivity index (χ3v) is 5.54. The minimum atomic E-state index is -0.846. The van der Waals surface area contributed by atoms with Gasteiger partial charge in [-0.15, -0.1) is 32.9 Å². The van der Waals surface area contributed by atoms with Crippen molar-refractivity contribution in [3.63, 3.8) is 0 Å². The van der Waals surface area contributed by atoms with E-state index in [-0.39, 0.29) is 11.5 Å². The van der Waals surface area contributed by atoms with E-state index in [1.165, 1.54) is 22.7 Å². The van der Waals surface area contributed by atoms with Crippen LogP contribution >= 0.6 is 34.4 Å². The van der Waals surface area contributed by atoms with Gasteiger partial charge in [0.2, 0.25) is 0 Å². The van der Waals surface area contributed by atoms with Crippen molar-refractivity contribution in [2.45, 2.75) is 18.1 Å². The average Bonchev–Trinajstić information content (AvgIpc) is 3.27. The molecule has 0 fully saturated rings. The van der Waals surface area contributed by atoms with Crippen molar-refractivity contribution in [1.82, 2.24) is 15.2 Å². The van der Waals surface area contributed by atoms with Gasteiger partial charge in [-0.2, -0.15) is 5.26 Å². The summed E-state index contributed by atoms with van der Waals surface area (Å²) in [6, 6.07) is 5.80. The van der Waals surface area contributed by atoms with Crippen LogP contribution in [0.1, 0.15) is 16.6 Å². The molecule has 0 saturated heterocycles. The summed E-state index contributed by atoms with van der Waals surface area (Å²) in [5.74, 6) is -0.547. The van der Waals surface area contributed by atoms with Gasteiger partial charge in [0.1, 0.15) is 5.01 Å². The number of carbonyl (C=O) groups is 1. The number of hydrogen-bond donors (Lipinski definition) is 0. The summed E-state index contributed by atoms with van der Waals surface area (Å²) in [4.78, 5) is 17.3. The first-order valence-electron chi connectivity index (χ1n) is 6.52. The van der Waals surface area contributed by atoms with Gasteiger partial charge >= 0.3 is 0 Å². The Morgan fingerprint density at radius 3 is 3.00 bits per heavy atom. The first-order chi connectivity index (χ1) is 11.2. The van der Waals surface area contributed by atoms with Crippen molar-refractivity contribution in [3.8, 4) is 16.8 Å². The van der Waals surface area contributed by atoms with E-state index >= 15 is 0 Å². The maximum absolute atomic E-state index is 12.2. The molecule has 0 spiro atoms. The Bertz CT molecular complexity index is 848. The number of nitrogens with zero attached hydrogens (tertiary/aromatic N) is 4. The monoisotopic (exact) mass is 362 g/mol. The summed E-state index contributed by atoms with van der Waals surface area (Å²) in [5, 5.41) is 21.7. The third kappa shape index (κ3) is 3.67. The maximum Gasteiger partial charge on any atom is 0.277 e. The van der Waals surface area contributed by atoms with Crippen molar-refractivity contribution in [2.75, 3.05) is 5.75 Å². The average molecular weight is 362 g/mol. The molecule has 0 aliphatic carbocycles. The second-order valence-electron chi connectivity index (χ2n) is 4.49. The SMILES string of the molecule is Cc1csc(C(C#N)C(=O)CSc2nnc(-c3cccs3)o2)n1. The second kappa shape index (κ2) is 7.04. The van der Waals surface area contributed by atoms with E-state index in [2.05, 4.69) is 15.2 Å². The van der Waals surface area contributed by atoms with Crippen molar-refractivity contribution in [3.05, 3.63) is 33.6 Å². The van der Waals surface area contributed by atoms with Gasteiger partial charge in [-0.1, -0.05) is 17.8 Å². The van der Waals surface area contributed by atoms with Gasteiger partial charge in [-0.3, -0.25) is 4.79 Å². The minimum absolute atomic E-state index is 0.0862. The molecule has 3 rings (SSSR count). The molecule has 9 heteroatoms. The van der Waals surface area contributed by atoms with Gasteiger partial charge in [-0.05, 0) is 18.4 Å². The molecule has 0 aliphatic rings. The molecule has 0 N–H and O–H groups in total. The van der Waals surface area contributed by atoms with Gasteiger partial charge in [-0.25, -0.2) is 4.98 Å². The number of thioether (sulfide) groups is 1. The van der Waals surface area contributed by atoms with Gasteiger partial charge < -0.3 is 4.42 Å².